The van der Waals surface area contributed by atoms with Crippen LogP contribution >= 0.6 is 0 Å². The standard InChI is InChI=1S/C16H23N5/c1-4-5-13-10-18-11(2)19-15(13)20-14(12-6-7-12)16-17-8-9-21(16)3/h8-10,12,14H,4-7H2,1-3H3,(H,18,19,20). The summed E-state index contributed by atoms with van der Waals surface area (Å²) in [5, 5.41) is 3.64. The normalized spacial score (nSPS) is 16.0. The van der Waals surface area contributed by atoms with Crippen LogP contribution in [0.1, 0.15) is 49.4 Å². The molecule has 0 radical (unpaired) electrons. The number of rotatable bonds is 6. The Morgan fingerprint density at radius 1 is 1.38 bits per heavy atom. The van der Waals surface area contributed by atoms with E-state index in [9.17, 15) is 0 Å². The summed E-state index contributed by atoms with van der Waals surface area (Å²) >= 11 is 0. The van der Waals surface area contributed by atoms with Crippen molar-refractivity contribution in [1.29, 1.82) is 0 Å². The second-order valence-corrected chi connectivity index (χ2v) is 5.90. The molecule has 0 bridgehead atoms. The van der Waals surface area contributed by atoms with Crippen molar-refractivity contribution in [3.8, 4) is 0 Å². The van der Waals surface area contributed by atoms with Gasteiger partial charge in [0.25, 0.3) is 0 Å². The average molecular weight is 285 g/mol. The Labute approximate surface area is 125 Å². The molecule has 2 heterocycles. The molecule has 2 aromatic rings. The first-order chi connectivity index (χ1) is 10.2. The highest BCUT2D eigenvalue weighted by Gasteiger charge is 2.35. The van der Waals surface area contributed by atoms with E-state index >= 15 is 0 Å². The van der Waals surface area contributed by atoms with Crippen LogP contribution in [0.15, 0.2) is 18.6 Å². The zero-order valence-corrected chi connectivity index (χ0v) is 13.0. The zero-order chi connectivity index (χ0) is 14.8. The highest BCUT2D eigenvalue weighted by molar-refractivity contribution is 5.45. The number of nitrogens with zero attached hydrogens (tertiary/aromatic N) is 4. The Hall–Kier alpha value is -1.91. The maximum absolute atomic E-state index is 4.62. The molecular formula is C16H23N5. The van der Waals surface area contributed by atoms with Gasteiger partial charge in [-0.3, -0.25) is 0 Å². The molecule has 1 N–H and O–H groups in total. The lowest BCUT2D eigenvalue weighted by Crippen LogP contribution is -2.19. The maximum Gasteiger partial charge on any atom is 0.133 e. The molecule has 2 aromatic heterocycles. The third kappa shape index (κ3) is 3.06. The van der Waals surface area contributed by atoms with Gasteiger partial charge in [-0.05, 0) is 32.1 Å². The lowest BCUT2D eigenvalue weighted by Gasteiger charge is -2.20. The van der Waals surface area contributed by atoms with Crippen LogP contribution in [-0.4, -0.2) is 19.5 Å². The monoisotopic (exact) mass is 285 g/mol. The number of anilines is 1. The Balaban J connectivity index is 1.89. The smallest absolute Gasteiger partial charge is 0.133 e. The van der Waals surface area contributed by atoms with E-state index in [2.05, 4.69) is 38.8 Å². The summed E-state index contributed by atoms with van der Waals surface area (Å²) in [5.41, 5.74) is 1.20. The third-order valence-electron chi connectivity index (χ3n) is 4.03. The van der Waals surface area contributed by atoms with Gasteiger partial charge < -0.3 is 9.88 Å². The molecule has 1 saturated carbocycles. The molecular weight excluding hydrogens is 262 g/mol. The number of aryl methyl sites for hydroxylation is 3. The average Bonchev–Trinajstić information content (AvgIpc) is 3.21. The first-order valence-corrected chi connectivity index (χ1v) is 7.75. The molecule has 1 aliphatic carbocycles. The predicted molar refractivity (Wildman–Crippen MR) is 83.1 cm³/mol. The summed E-state index contributed by atoms with van der Waals surface area (Å²) in [6, 6.07) is 0.245. The fourth-order valence-corrected chi connectivity index (χ4v) is 2.72. The molecule has 0 aliphatic heterocycles. The number of imidazole rings is 1. The number of hydrogen-bond acceptors (Lipinski definition) is 4. The molecule has 112 valence electrons. The molecule has 3 rings (SSSR count). The second kappa shape index (κ2) is 5.84. The quantitative estimate of drug-likeness (QED) is 0.886. The Kier molecular flexibility index (Phi) is 3.90. The minimum atomic E-state index is 0.245. The minimum absolute atomic E-state index is 0.245. The van der Waals surface area contributed by atoms with Crippen LogP contribution in [0.4, 0.5) is 5.82 Å². The van der Waals surface area contributed by atoms with Crippen molar-refractivity contribution >= 4 is 5.82 Å². The van der Waals surface area contributed by atoms with Gasteiger partial charge in [-0.1, -0.05) is 13.3 Å². The Bertz CT molecular complexity index is 615. The summed E-state index contributed by atoms with van der Waals surface area (Å²) in [6.45, 7) is 4.12. The van der Waals surface area contributed by atoms with Gasteiger partial charge in [0.2, 0.25) is 0 Å². The largest absolute Gasteiger partial charge is 0.359 e. The van der Waals surface area contributed by atoms with Gasteiger partial charge in [0.1, 0.15) is 17.5 Å². The topological polar surface area (TPSA) is 55.6 Å². The van der Waals surface area contributed by atoms with Crippen LogP contribution in [-0.2, 0) is 13.5 Å². The molecule has 1 unspecified atom stereocenters. The van der Waals surface area contributed by atoms with E-state index in [0.29, 0.717) is 5.92 Å². The van der Waals surface area contributed by atoms with E-state index in [4.69, 9.17) is 0 Å². The first-order valence-electron chi connectivity index (χ1n) is 7.75. The van der Waals surface area contributed by atoms with E-state index in [-0.39, 0.29) is 6.04 Å². The van der Waals surface area contributed by atoms with E-state index in [1.54, 1.807) is 0 Å². The van der Waals surface area contributed by atoms with Crippen molar-refractivity contribution in [3.63, 3.8) is 0 Å². The zero-order valence-electron chi connectivity index (χ0n) is 13.0. The molecule has 1 atom stereocenters. The molecule has 21 heavy (non-hydrogen) atoms. The van der Waals surface area contributed by atoms with Gasteiger partial charge in [-0.15, -0.1) is 0 Å². The van der Waals surface area contributed by atoms with Gasteiger partial charge in [-0.2, -0.15) is 0 Å². The Morgan fingerprint density at radius 2 is 2.19 bits per heavy atom. The summed E-state index contributed by atoms with van der Waals surface area (Å²) in [6.07, 6.45) is 10.4. The molecule has 0 saturated heterocycles. The van der Waals surface area contributed by atoms with Crippen LogP contribution in [0, 0.1) is 12.8 Å². The van der Waals surface area contributed by atoms with Crippen LogP contribution in [0.3, 0.4) is 0 Å². The maximum atomic E-state index is 4.62. The molecule has 0 aromatic carbocycles. The van der Waals surface area contributed by atoms with Gasteiger partial charge >= 0.3 is 0 Å². The van der Waals surface area contributed by atoms with Gasteiger partial charge in [0, 0.05) is 31.2 Å². The van der Waals surface area contributed by atoms with Crippen molar-refractivity contribution in [3.05, 3.63) is 35.8 Å². The summed E-state index contributed by atoms with van der Waals surface area (Å²) in [7, 11) is 2.05. The third-order valence-corrected chi connectivity index (χ3v) is 4.03. The summed E-state index contributed by atoms with van der Waals surface area (Å²) in [4.78, 5) is 13.5. The second-order valence-electron chi connectivity index (χ2n) is 5.90. The van der Waals surface area contributed by atoms with Crippen molar-refractivity contribution < 1.29 is 0 Å². The molecule has 0 spiro atoms. The van der Waals surface area contributed by atoms with Gasteiger partial charge in [0.15, 0.2) is 0 Å². The van der Waals surface area contributed by atoms with Crippen LogP contribution in [0.2, 0.25) is 0 Å². The molecule has 1 aliphatic rings. The van der Waals surface area contributed by atoms with E-state index in [0.717, 1.165) is 30.3 Å². The fraction of sp³-hybridized carbons (Fsp3) is 0.562. The minimum Gasteiger partial charge on any atom is -0.359 e. The van der Waals surface area contributed by atoms with E-state index in [1.807, 2.05) is 25.5 Å². The van der Waals surface area contributed by atoms with Crippen molar-refractivity contribution in [1.82, 2.24) is 19.5 Å². The highest BCUT2D eigenvalue weighted by Crippen LogP contribution is 2.42. The number of aromatic nitrogens is 4. The molecule has 5 nitrogen and oxygen atoms in total. The molecule has 1 fully saturated rings. The van der Waals surface area contributed by atoms with Crippen molar-refractivity contribution in [2.75, 3.05) is 5.32 Å². The molecule has 5 heteroatoms. The van der Waals surface area contributed by atoms with Crippen molar-refractivity contribution in [2.24, 2.45) is 13.0 Å². The highest BCUT2D eigenvalue weighted by atomic mass is 15.1. The SMILES string of the molecule is CCCc1cnc(C)nc1NC(c1nccn1C)C1CC1. The van der Waals surface area contributed by atoms with Gasteiger partial charge in [0.05, 0.1) is 6.04 Å². The lowest BCUT2D eigenvalue weighted by atomic mass is 10.1. The van der Waals surface area contributed by atoms with Crippen molar-refractivity contribution in [2.45, 2.75) is 45.6 Å². The first kappa shape index (κ1) is 14.0. The number of nitrogens with one attached hydrogen (secondary N) is 1. The number of hydrogen-bond donors (Lipinski definition) is 1. The van der Waals surface area contributed by atoms with Gasteiger partial charge in [-0.25, -0.2) is 15.0 Å². The predicted octanol–water partition coefficient (Wildman–Crippen LogP) is 3.03. The lowest BCUT2D eigenvalue weighted by molar-refractivity contribution is 0.602. The Morgan fingerprint density at radius 3 is 2.81 bits per heavy atom. The summed E-state index contributed by atoms with van der Waals surface area (Å²) in [5.74, 6) is 3.54. The van der Waals surface area contributed by atoms with Crippen LogP contribution in [0.5, 0.6) is 0 Å². The van der Waals surface area contributed by atoms with Crippen LogP contribution < -0.4 is 5.32 Å². The summed E-state index contributed by atoms with van der Waals surface area (Å²) < 4.78 is 2.10. The van der Waals surface area contributed by atoms with E-state index < -0.39 is 0 Å². The fourth-order valence-electron chi connectivity index (χ4n) is 2.72. The van der Waals surface area contributed by atoms with E-state index in [1.165, 1.54) is 18.4 Å². The molecule has 0 amide bonds. The van der Waals surface area contributed by atoms with Crippen LogP contribution in [0.25, 0.3) is 0 Å².